The highest BCUT2D eigenvalue weighted by Gasteiger charge is 2.23. The zero-order valence-electron chi connectivity index (χ0n) is 26.4. The molecule has 0 N–H and O–H groups in total. The van der Waals surface area contributed by atoms with E-state index < -0.39 is 9.84 Å². The number of sulfone groups is 1. The van der Waals surface area contributed by atoms with Crippen LogP contribution in [0.4, 0.5) is 0 Å². The minimum atomic E-state index is -3.23. The number of hydrogen-bond donors (Lipinski definition) is 1. The van der Waals surface area contributed by atoms with Gasteiger partial charge < -0.3 is 0 Å². The maximum absolute atomic E-state index is 11.9. The van der Waals surface area contributed by atoms with Crippen molar-refractivity contribution in [1.29, 1.82) is 0 Å². The van der Waals surface area contributed by atoms with E-state index in [0.29, 0.717) is 20.7 Å². The van der Waals surface area contributed by atoms with Crippen molar-refractivity contribution in [2.24, 2.45) is 21.7 Å². The normalized spacial score (nSPS) is 12.2. The number of pyridine rings is 2. The molecule has 0 bridgehead atoms. The second-order valence-electron chi connectivity index (χ2n) is 14.3. The molecule has 0 saturated carbocycles. The van der Waals surface area contributed by atoms with Crippen LogP contribution in [0.15, 0.2) is 55.7 Å². The maximum atomic E-state index is 11.9. The molecule has 0 aliphatic carbocycles. The summed E-state index contributed by atoms with van der Waals surface area (Å²) in [5.74, 6) is 2.95. The van der Waals surface area contributed by atoms with Gasteiger partial charge in [-0.05, 0) is 71.4 Å². The molecule has 232 valence electrons. The van der Waals surface area contributed by atoms with Gasteiger partial charge in [-0.1, -0.05) is 83.1 Å². The Morgan fingerprint density at radius 1 is 0.750 bits per heavy atom. The molecule has 4 nitrogen and oxygen atoms in total. The van der Waals surface area contributed by atoms with Gasteiger partial charge >= 0.3 is 0 Å². The lowest BCUT2D eigenvalue weighted by Crippen LogP contribution is -2.20. The van der Waals surface area contributed by atoms with Crippen LogP contribution in [0, 0.1) is 21.7 Å². The van der Waals surface area contributed by atoms with Gasteiger partial charge in [0.25, 0.3) is 0 Å². The number of alkyl halides is 1. The molecule has 0 aliphatic rings. The van der Waals surface area contributed by atoms with Crippen molar-refractivity contribution in [3.63, 3.8) is 0 Å². The van der Waals surface area contributed by atoms with E-state index in [-0.39, 0.29) is 16.1 Å². The lowest BCUT2D eigenvalue weighted by Gasteiger charge is -2.17. The van der Waals surface area contributed by atoms with Crippen LogP contribution in [0.1, 0.15) is 83.1 Å². The Balaban J connectivity index is 0. The summed E-state index contributed by atoms with van der Waals surface area (Å²) >= 11 is 18.0. The number of thioether (sulfide) groups is 1. The third-order valence-corrected chi connectivity index (χ3v) is 10.3. The Bertz CT molecular complexity index is 1070. The van der Waals surface area contributed by atoms with Crippen LogP contribution in [-0.2, 0) is 9.84 Å². The Morgan fingerprint density at radius 2 is 1.18 bits per heavy atom. The summed E-state index contributed by atoms with van der Waals surface area (Å²) in [7, 11) is -3.23. The van der Waals surface area contributed by atoms with Crippen LogP contribution in [0.25, 0.3) is 0 Å². The van der Waals surface area contributed by atoms with Gasteiger partial charge in [0, 0.05) is 50.3 Å². The summed E-state index contributed by atoms with van der Waals surface area (Å²) in [6.07, 6.45) is 6.66. The Hall–Kier alpha value is 0.200. The minimum absolute atomic E-state index is 0.123. The maximum Gasteiger partial charge on any atom is 0.180 e. The van der Waals surface area contributed by atoms with Crippen LogP contribution >= 0.6 is 67.9 Å². The van der Waals surface area contributed by atoms with Crippen LogP contribution in [0.5, 0.6) is 0 Å². The largest absolute Gasteiger partial charge is 0.262 e. The van der Waals surface area contributed by atoms with E-state index in [1.54, 1.807) is 18.5 Å². The van der Waals surface area contributed by atoms with Crippen LogP contribution < -0.4 is 0 Å². The smallest absolute Gasteiger partial charge is 0.180 e. The number of halogens is 3. The van der Waals surface area contributed by atoms with Crippen molar-refractivity contribution >= 4 is 77.7 Å². The fourth-order valence-electron chi connectivity index (χ4n) is 1.99. The lowest BCUT2D eigenvalue weighted by molar-refractivity contribution is 0.461. The molecular weight excluding hydrogens is 712 g/mol. The van der Waals surface area contributed by atoms with Crippen LogP contribution in [-0.4, -0.2) is 41.5 Å². The fourth-order valence-corrected chi connectivity index (χ4v) is 5.80. The Kier molecular flexibility index (Phi) is 19.9. The topological polar surface area (TPSA) is 59.9 Å². The Labute approximate surface area is 277 Å². The van der Waals surface area contributed by atoms with Gasteiger partial charge in [0.2, 0.25) is 0 Å². The third kappa shape index (κ3) is 27.1. The van der Waals surface area contributed by atoms with Gasteiger partial charge in [0.1, 0.15) is 0 Å². The second-order valence-corrected chi connectivity index (χ2v) is 19.7. The number of hydrogen-bond acceptors (Lipinski definition) is 6. The lowest BCUT2D eigenvalue weighted by atomic mass is 10.0. The van der Waals surface area contributed by atoms with Crippen molar-refractivity contribution in [3.05, 3.63) is 45.9 Å². The van der Waals surface area contributed by atoms with E-state index in [0.717, 1.165) is 21.9 Å². The number of nitrogens with zero attached hydrogens (tertiary/aromatic N) is 2. The zero-order valence-corrected chi connectivity index (χ0v) is 32.9. The first-order chi connectivity index (χ1) is 17.8. The quantitative estimate of drug-likeness (QED) is 0.191. The molecule has 2 aromatic heterocycles. The van der Waals surface area contributed by atoms with Crippen molar-refractivity contribution in [2.75, 3.05) is 23.1 Å². The van der Waals surface area contributed by atoms with E-state index in [9.17, 15) is 8.42 Å². The summed E-state index contributed by atoms with van der Waals surface area (Å²) in [5, 5.41) is 0. The molecule has 2 aromatic rings. The number of thiol groups is 1. The van der Waals surface area contributed by atoms with Gasteiger partial charge in [0.15, 0.2) is 9.84 Å². The molecule has 0 saturated heterocycles. The summed E-state index contributed by atoms with van der Waals surface area (Å²) < 4.78 is 25.6. The molecule has 0 aliphatic heterocycles. The van der Waals surface area contributed by atoms with E-state index in [1.807, 2.05) is 38.7 Å². The molecule has 40 heavy (non-hydrogen) atoms. The zero-order chi connectivity index (χ0) is 32.0. The molecule has 2 rings (SSSR count). The van der Waals surface area contributed by atoms with Crippen molar-refractivity contribution in [1.82, 2.24) is 9.97 Å². The van der Waals surface area contributed by atoms with Gasteiger partial charge in [-0.15, -0.1) is 23.4 Å². The number of rotatable bonds is 4. The van der Waals surface area contributed by atoms with Gasteiger partial charge in [0.05, 0.1) is 10.6 Å². The van der Waals surface area contributed by atoms with Crippen LogP contribution in [0.3, 0.4) is 0 Å². The highest BCUT2D eigenvalue weighted by molar-refractivity contribution is 9.10. The fraction of sp³-hybridized carbons (Fsp3) is 0.667. The summed E-state index contributed by atoms with van der Waals surface area (Å²) in [6.45, 7) is 25.3. The average molecular weight is 763 g/mol. The van der Waals surface area contributed by atoms with Crippen molar-refractivity contribution in [2.45, 2.75) is 92.9 Å². The Morgan fingerprint density at radius 3 is 1.50 bits per heavy atom. The van der Waals surface area contributed by atoms with Crippen molar-refractivity contribution in [3.8, 4) is 0 Å². The molecule has 0 radical (unpaired) electrons. The van der Waals surface area contributed by atoms with Gasteiger partial charge in [-0.2, -0.15) is 12.6 Å². The van der Waals surface area contributed by atoms with Crippen molar-refractivity contribution < 1.29 is 8.42 Å². The number of aromatic nitrogens is 2. The molecular formula is C30H51Br2ClN2O2S3. The average Bonchev–Trinajstić information content (AvgIpc) is 2.76. The molecule has 0 aromatic carbocycles. The molecule has 0 fully saturated rings. The van der Waals surface area contributed by atoms with E-state index >= 15 is 0 Å². The molecule has 10 heteroatoms. The predicted octanol–water partition coefficient (Wildman–Crippen LogP) is 10.9. The summed E-state index contributed by atoms with van der Waals surface area (Å²) in [6, 6.07) is 3.68. The standard InChI is InChI=1S/C10H14BrNO2S.C10H14BrNS.C5H11Cl.C5H12S/c1-10(2,3)7-15(13,14)9-4-8(11)5-12-6-9;1-10(2,3)7-13-9-4-8(11)5-12-6-9;2*1-5(2,3)4-6/h4-6H,7H2,1-3H3;4-6H,7H2,1-3H3;4H2,1-3H3;6H,4H2,1-3H3. The van der Waals surface area contributed by atoms with E-state index in [1.165, 1.54) is 11.1 Å². The second kappa shape index (κ2) is 18.8. The van der Waals surface area contributed by atoms with Crippen LogP contribution in [0.2, 0.25) is 0 Å². The summed E-state index contributed by atoms with van der Waals surface area (Å²) in [5.41, 5.74) is 0.832. The highest BCUT2D eigenvalue weighted by Crippen LogP contribution is 2.28. The molecule has 0 spiro atoms. The SMILES string of the molecule is CC(C)(C)CCl.CC(C)(C)CS.CC(C)(C)CS(=O)(=O)c1cncc(Br)c1.CC(C)(C)CSc1cncc(Br)c1. The summed E-state index contributed by atoms with van der Waals surface area (Å²) in [4.78, 5) is 9.47. The molecule has 0 amide bonds. The highest BCUT2D eigenvalue weighted by atomic mass is 79.9. The predicted molar refractivity (Wildman–Crippen MR) is 189 cm³/mol. The first-order valence-corrected chi connectivity index (χ1v) is 18.4. The third-order valence-electron chi connectivity index (χ3n) is 3.89. The molecule has 0 atom stereocenters. The first-order valence-electron chi connectivity index (χ1n) is 13.0. The van der Waals surface area contributed by atoms with Gasteiger partial charge in [-0.25, -0.2) is 8.42 Å². The first kappa shape index (κ1) is 42.3. The van der Waals surface area contributed by atoms with E-state index in [2.05, 4.69) is 123 Å². The molecule has 0 unspecified atom stereocenters. The van der Waals surface area contributed by atoms with E-state index in [4.69, 9.17) is 11.6 Å². The molecule has 2 heterocycles. The van der Waals surface area contributed by atoms with Gasteiger partial charge in [-0.3, -0.25) is 9.97 Å². The monoisotopic (exact) mass is 760 g/mol. The minimum Gasteiger partial charge on any atom is -0.262 e.